The SMILES string of the molecule is CC(C)C(C)C(N)C(=O)OCOC(=O)N(C)C(C)C(=O)c1ccc2c(c1)OCO2. The number of carbonyl (C=O) groups excluding carboxylic acids is 3. The molecule has 0 fully saturated rings. The van der Waals surface area contributed by atoms with E-state index >= 15 is 0 Å². The van der Waals surface area contributed by atoms with Gasteiger partial charge in [0.15, 0.2) is 17.3 Å². The Hall–Kier alpha value is -2.81. The van der Waals surface area contributed by atoms with Gasteiger partial charge in [0.1, 0.15) is 6.04 Å². The van der Waals surface area contributed by atoms with E-state index in [1.165, 1.54) is 7.05 Å². The van der Waals surface area contributed by atoms with Crippen molar-refractivity contribution < 1.29 is 33.3 Å². The average Bonchev–Trinajstić information content (AvgIpc) is 3.18. The summed E-state index contributed by atoms with van der Waals surface area (Å²) in [5.74, 6) is 0.217. The van der Waals surface area contributed by atoms with Crippen LogP contribution in [0.4, 0.5) is 4.79 Å². The second-order valence-corrected chi connectivity index (χ2v) is 7.34. The molecule has 9 heteroatoms. The number of amides is 1. The number of hydrogen-bond donors (Lipinski definition) is 1. The van der Waals surface area contributed by atoms with Gasteiger partial charge in [-0.2, -0.15) is 0 Å². The quantitative estimate of drug-likeness (QED) is 0.395. The molecule has 1 heterocycles. The summed E-state index contributed by atoms with van der Waals surface area (Å²) in [6, 6.07) is 3.20. The third-order valence-electron chi connectivity index (χ3n) is 5.18. The minimum absolute atomic E-state index is 0.0831. The second kappa shape index (κ2) is 9.60. The van der Waals surface area contributed by atoms with Gasteiger partial charge in [0.2, 0.25) is 13.6 Å². The molecule has 3 atom stereocenters. The number of nitrogens with two attached hydrogens (primary N) is 1. The smallest absolute Gasteiger partial charge is 0.413 e. The lowest BCUT2D eigenvalue weighted by Crippen LogP contribution is -2.42. The van der Waals surface area contributed by atoms with Crippen LogP contribution in [0, 0.1) is 11.8 Å². The molecule has 0 radical (unpaired) electrons. The molecule has 3 unspecified atom stereocenters. The Kier molecular flexibility index (Phi) is 7.44. The van der Waals surface area contributed by atoms with E-state index in [2.05, 4.69) is 0 Å². The maximum Gasteiger partial charge on any atom is 0.413 e. The van der Waals surface area contributed by atoms with Gasteiger partial charge in [0.25, 0.3) is 0 Å². The number of carbonyl (C=O) groups is 3. The highest BCUT2D eigenvalue weighted by molar-refractivity contribution is 6.01. The largest absolute Gasteiger partial charge is 0.454 e. The number of ketones is 1. The van der Waals surface area contributed by atoms with E-state index in [0.29, 0.717) is 17.1 Å². The van der Waals surface area contributed by atoms with Crippen LogP contribution < -0.4 is 15.2 Å². The normalized spacial score (nSPS) is 15.4. The number of esters is 1. The Morgan fingerprint density at radius 2 is 1.76 bits per heavy atom. The fourth-order valence-electron chi connectivity index (χ4n) is 2.59. The first kappa shape index (κ1) is 22.5. The van der Waals surface area contributed by atoms with Crippen LogP contribution in [0.15, 0.2) is 18.2 Å². The molecule has 160 valence electrons. The zero-order valence-electron chi connectivity index (χ0n) is 17.3. The first-order valence-electron chi connectivity index (χ1n) is 9.39. The summed E-state index contributed by atoms with van der Waals surface area (Å²) in [5, 5.41) is 0. The zero-order valence-corrected chi connectivity index (χ0v) is 17.3. The highest BCUT2D eigenvalue weighted by atomic mass is 16.7. The topological polar surface area (TPSA) is 117 Å². The summed E-state index contributed by atoms with van der Waals surface area (Å²) in [5.41, 5.74) is 6.22. The van der Waals surface area contributed by atoms with E-state index in [0.717, 1.165) is 4.90 Å². The number of nitrogens with zero attached hydrogens (tertiary/aromatic N) is 1. The molecule has 0 aliphatic carbocycles. The van der Waals surface area contributed by atoms with Gasteiger partial charge in [-0.05, 0) is 37.0 Å². The number of likely N-dealkylation sites (N-methyl/N-ethyl adjacent to an activating group) is 1. The molecule has 1 aliphatic heterocycles. The van der Waals surface area contributed by atoms with Gasteiger partial charge in [0, 0.05) is 12.6 Å². The Balaban J connectivity index is 1.86. The lowest BCUT2D eigenvalue weighted by Gasteiger charge is -2.24. The molecule has 1 aromatic carbocycles. The molecule has 0 bridgehead atoms. The summed E-state index contributed by atoms with van der Waals surface area (Å²) < 4.78 is 20.3. The molecule has 29 heavy (non-hydrogen) atoms. The van der Waals surface area contributed by atoms with Crippen molar-refractivity contribution in [3.63, 3.8) is 0 Å². The predicted octanol–water partition coefficient (Wildman–Crippen LogP) is 2.17. The van der Waals surface area contributed by atoms with Crippen molar-refractivity contribution in [2.75, 3.05) is 20.6 Å². The monoisotopic (exact) mass is 408 g/mol. The maximum atomic E-state index is 12.7. The van der Waals surface area contributed by atoms with E-state index in [-0.39, 0.29) is 24.4 Å². The van der Waals surface area contributed by atoms with Crippen LogP contribution in [0.25, 0.3) is 0 Å². The molecular formula is C20H28N2O7. The predicted molar refractivity (Wildman–Crippen MR) is 104 cm³/mol. The van der Waals surface area contributed by atoms with Gasteiger partial charge >= 0.3 is 12.1 Å². The van der Waals surface area contributed by atoms with Gasteiger partial charge in [0.05, 0.1) is 6.04 Å². The van der Waals surface area contributed by atoms with E-state index in [1.54, 1.807) is 25.1 Å². The zero-order chi connectivity index (χ0) is 21.7. The molecule has 1 amide bonds. The Labute approximate surface area is 170 Å². The molecule has 2 N–H and O–H groups in total. The first-order chi connectivity index (χ1) is 13.6. The van der Waals surface area contributed by atoms with E-state index in [1.807, 2.05) is 20.8 Å². The van der Waals surface area contributed by atoms with Crippen LogP contribution >= 0.6 is 0 Å². The number of Topliss-reactive ketones (excluding diaryl/α,β-unsaturated/α-hetero) is 1. The van der Waals surface area contributed by atoms with Crippen molar-refractivity contribution in [2.45, 2.75) is 39.8 Å². The second-order valence-electron chi connectivity index (χ2n) is 7.34. The lowest BCUT2D eigenvalue weighted by molar-refractivity contribution is -0.155. The molecule has 9 nitrogen and oxygen atoms in total. The van der Waals surface area contributed by atoms with E-state index in [4.69, 9.17) is 24.7 Å². The highest BCUT2D eigenvalue weighted by Gasteiger charge is 2.28. The number of benzene rings is 1. The van der Waals surface area contributed by atoms with E-state index in [9.17, 15) is 14.4 Å². The van der Waals surface area contributed by atoms with Gasteiger partial charge < -0.3 is 29.6 Å². The van der Waals surface area contributed by atoms with Gasteiger partial charge in [-0.1, -0.05) is 20.8 Å². The third-order valence-corrected chi connectivity index (χ3v) is 5.18. The molecule has 0 saturated heterocycles. The number of hydrogen-bond acceptors (Lipinski definition) is 8. The van der Waals surface area contributed by atoms with Crippen LogP contribution in [-0.2, 0) is 14.3 Å². The Morgan fingerprint density at radius 1 is 1.10 bits per heavy atom. The molecule has 0 saturated carbocycles. The van der Waals surface area contributed by atoms with Crippen molar-refractivity contribution in [2.24, 2.45) is 17.6 Å². The van der Waals surface area contributed by atoms with Crippen molar-refractivity contribution in [3.05, 3.63) is 23.8 Å². The minimum atomic E-state index is -0.807. The molecule has 1 aromatic rings. The average molecular weight is 408 g/mol. The van der Waals surface area contributed by atoms with Crippen LogP contribution in [-0.4, -0.2) is 55.5 Å². The van der Waals surface area contributed by atoms with Crippen molar-refractivity contribution in [1.82, 2.24) is 4.90 Å². The van der Waals surface area contributed by atoms with Gasteiger partial charge in [-0.3, -0.25) is 9.59 Å². The van der Waals surface area contributed by atoms with Crippen molar-refractivity contribution in [1.29, 1.82) is 0 Å². The standard InChI is InChI=1S/C20H28N2O7/c1-11(2)12(3)17(21)19(24)28-10-29-20(25)22(5)13(4)18(23)14-6-7-15-16(8-14)27-9-26-15/h6-8,11-13,17H,9-10,21H2,1-5H3. The Morgan fingerprint density at radius 3 is 2.41 bits per heavy atom. The van der Waals surface area contributed by atoms with Gasteiger partial charge in [-0.25, -0.2) is 4.79 Å². The summed E-state index contributed by atoms with van der Waals surface area (Å²) >= 11 is 0. The summed E-state index contributed by atoms with van der Waals surface area (Å²) in [6.45, 7) is 6.84. The van der Waals surface area contributed by atoms with Crippen molar-refractivity contribution in [3.8, 4) is 11.5 Å². The van der Waals surface area contributed by atoms with E-state index < -0.39 is 30.9 Å². The number of ether oxygens (including phenoxy) is 4. The minimum Gasteiger partial charge on any atom is -0.454 e. The number of fused-ring (bicyclic) bond motifs is 1. The highest BCUT2D eigenvalue weighted by Crippen LogP contribution is 2.33. The lowest BCUT2D eigenvalue weighted by atomic mass is 9.91. The van der Waals surface area contributed by atoms with Crippen LogP contribution in [0.2, 0.25) is 0 Å². The van der Waals surface area contributed by atoms with Crippen LogP contribution in [0.5, 0.6) is 11.5 Å². The maximum absolute atomic E-state index is 12.7. The third kappa shape index (κ3) is 5.38. The molecule has 2 rings (SSSR count). The number of rotatable bonds is 8. The molecule has 0 aromatic heterocycles. The van der Waals surface area contributed by atoms with Crippen molar-refractivity contribution >= 4 is 17.8 Å². The van der Waals surface area contributed by atoms with Crippen LogP contribution in [0.3, 0.4) is 0 Å². The van der Waals surface area contributed by atoms with Crippen LogP contribution in [0.1, 0.15) is 38.1 Å². The molecule has 1 aliphatic rings. The van der Waals surface area contributed by atoms with Gasteiger partial charge in [-0.15, -0.1) is 0 Å². The molecule has 0 spiro atoms. The first-order valence-corrected chi connectivity index (χ1v) is 9.39. The fourth-order valence-corrected chi connectivity index (χ4v) is 2.59. The summed E-state index contributed by atoms with van der Waals surface area (Å²) in [7, 11) is 1.42. The summed E-state index contributed by atoms with van der Waals surface area (Å²) in [6.07, 6.45) is -0.801. The summed E-state index contributed by atoms with van der Waals surface area (Å²) in [4.78, 5) is 37.9. The fraction of sp³-hybridized carbons (Fsp3) is 0.550. The molecular weight excluding hydrogens is 380 g/mol. The Bertz CT molecular complexity index is 765.